The van der Waals surface area contributed by atoms with Gasteiger partial charge in [-0.2, -0.15) is 0 Å². The van der Waals surface area contributed by atoms with Gasteiger partial charge in [-0.05, 0) is 46.9 Å². The maximum atomic E-state index is 6.43. The molecular formula is C23H19NS. The van der Waals surface area contributed by atoms with Crippen LogP contribution in [0.2, 0.25) is 0 Å². The minimum atomic E-state index is 0.556. The van der Waals surface area contributed by atoms with E-state index in [1.54, 1.807) is 0 Å². The Balaban J connectivity index is 1.90. The minimum absolute atomic E-state index is 0.556. The van der Waals surface area contributed by atoms with Gasteiger partial charge in [0, 0.05) is 31.4 Å². The number of benzene rings is 3. The molecule has 3 aromatic carbocycles. The normalized spacial score (nSPS) is 17.5. The molecule has 0 bridgehead atoms. The van der Waals surface area contributed by atoms with Crippen molar-refractivity contribution in [2.45, 2.75) is 13.3 Å². The number of fused-ring (bicyclic) bond motifs is 5. The SMILES string of the molecule is CC1C=CC=C(c2c(N)ccc3c2ccc2sc4ccccc4c23)C1. The standard InChI is InChI=1S/C23H19NS/c1-14-5-4-6-15(13-14)22-16-10-12-21-23(17(16)9-11-19(22)24)18-7-2-3-8-20(18)25-21/h2-12,14H,13,24H2,1H3. The van der Waals surface area contributed by atoms with Gasteiger partial charge in [0.2, 0.25) is 0 Å². The summed E-state index contributed by atoms with van der Waals surface area (Å²) in [5.74, 6) is 0.556. The zero-order valence-electron chi connectivity index (χ0n) is 14.1. The molecule has 1 atom stereocenters. The van der Waals surface area contributed by atoms with E-state index in [4.69, 9.17) is 5.73 Å². The van der Waals surface area contributed by atoms with Crippen LogP contribution in [0.25, 0.3) is 36.5 Å². The van der Waals surface area contributed by atoms with Crippen LogP contribution in [-0.4, -0.2) is 0 Å². The number of hydrogen-bond acceptors (Lipinski definition) is 2. The Labute approximate surface area is 151 Å². The van der Waals surface area contributed by atoms with Crippen LogP contribution in [0.15, 0.2) is 66.8 Å². The van der Waals surface area contributed by atoms with Gasteiger partial charge in [-0.15, -0.1) is 11.3 Å². The highest BCUT2D eigenvalue weighted by atomic mass is 32.1. The summed E-state index contributed by atoms with van der Waals surface area (Å²) in [5.41, 5.74) is 9.87. The van der Waals surface area contributed by atoms with Gasteiger partial charge in [-0.1, -0.05) is 55.5 Å². The average Bonchev–Trinajstić information content (AvgIpc) is 3.00. The molecule has 0 amide bonds. The summed E-state index contributed by atoms with van der Waals surface area (Å²) < 4.78 is 2.69. The number of nitrogen functional groups attached to an aromatic ring is 1. The number of hydrogen-bond donors (Lipinski definition) is 1. The van der Waals surface area contributed by atoms with Gasteiger partial charge in [0.15, 0.2) is 0 Å². The van der Waals surface area contributed by atoms with Crippen molar-refractivity contribution in [1.82, 2.24) is 0 Å². The molecule has 1 aliphatic rings. The number of thiophene rings is 1. The van der Waals surface area contributed by atoms with Crippen LogP contribution in [-0.2, 0) is 0 Å². The van der Waals surface area contributed by atoms with E-state index < -0.39 is 0 Å². The summed E-state index contributed by atoms with van der Waals surface area (Å²) in [6.45, 7) is 2.26. The Hall–Kier alpha value is -2.58. The van der Waals surface area contributed by atoms with E-state index in [9.17, 15) is 0 Å². The highest BCUT2D eigenvalue weighted by Gasteiger charge is 2.17. The minimum Gasteiger partial charge on any atom is -0.398 e. The first-order valence-corrected chi connectivity index (χ1v) is 9.54. The zero-order chi connectivity index (χ0) is 17.0. The molecule has 1 aliphatic carbocycles. The fourth-order valence-electron chi connectivity index (χ4n) is 4.03. The van der Waals surface area contributed by atoms with Crippen molar-refractivity contribution in [3.63, 3.8) is 0 Å². The maximum Gasteiger partial charge on any atom is 0.0396 e. The van der Waals surface area contributed by atoms with Gasteiger partial charge in [0.05, 0.1) is 0 Å². The molecule has 25 heavy (non-hydrogen) atoms. The van der Waals surface area contributed by atoms with Gasteiger partial charge in [-0.3, -0.25) is 0 Å². The van der Waals surface area contributed by atoms with E-state index in [0.717, 1.165) is 12.1 Å². The predicted molar refractivity (Wildman–Crippen MR) is 112 cm³/mol. The molecule has 0 saturated heterocycles. The molecule has 122 valence electrons. The van der Waals surface area contributed by atoms with Crippen LogP contribution in [0.5, 0.6) is 0 Å². The van der Waals surface area contributed by atoms with Crippen LogP contribution in [0.1, 0.15) is 18.9 Å². The van der Waals surface area contributed by atoms with Gasteiger partial charge < -0.3 is 5.73 Å². The van der Waals surface area contributed by atoms with Crippen LogP contribution in [0.4, 0.5) is 5.69 Å². The van der Waals surface area contributed by atoms with E-state index in [1.165, 1.54) is 42.1 Å². The van der Waals surface area contributed by atoms with E-state index in [1.807, 2.05) is 11.3 Å². The summed E-state index contributed by atoms with van der Waals surface area (Å²) in [6, 6.07) is 17.5. The van der Waals surface area contributed by atoms with Gasteiger partial charge in [0.25, 0.3) is 0 Å². The van der Waals surface area contributed by atoms with Crippen LogP contribution >= 0.6 is 11.3 Å². The Kier molecular flexibility index (Phi) is 3.22. The first-order chi connectivity index (χ1) is 12.2. The Morgan fingerprint density at radius 2 is 1.76 bits per heavy atom. The largest absolute Gasteiger partial charge is 0.398 e. The van der Waals surface area contributed by atoms with Crippen molar-refractivity contribution in [2.24, 2.45) is 5.92 Å². The molecule has 4 aromatic rings. The second-order valence-electron chi connectivity index (χ2n) is 6.92. The molecule has 2 N–H and O–H groups in total. The first-order valence-electron chi connectivity index (χ1n) is 8.72. The highest BCUT2D eigenvalue weighted by Crippen LogP contribution is 2.42. The third-order valence-electron chi connectivity index (χ3n) is 5.17. The summed E-state index contributed by atoms with van der Waals surface area (Å²) >= 11 is 1.87. The number of nitrogens with two attached hydrogens (primary N) is 1. The summed E-state index contributed by atoms with van der Waals surface area (Å²) in [5, 5.41) is 5.28. The lowest BCUT2D eigenvalue weighted by Gasteiger charge is -2.19. The molecule has 1 aromatic heterocycles. The van der Waals surface area contributed by atoms with Crippen molar-refractivity contribution in [1.29, 1.82) is 0 Å². The topological polar surface area (TPSA) is 26.0 Å². The Morgan fingerprint density at radius 3 is 2.64 bits per heavy atom. The molecule has 1 heterocycles. The number of anilines is 1. The van der Waals surface area contributed by atoms with Gasteiger partial charge in [-0.25, -0.2) is 0 Å². The summed E-state index contributed by atoms with van der Waals surface area (Å²) in [6.07, 6.45) is 7.69. The summed E-state index contributed by atoms with van der Waals surface area (Å²) in [4.78, 5) is 0. The van der Waals surface area contributed by atoms with Crippen molar-refractivity contribution in [3.05, 3.63) is 72.3 Å². The molecule has 1 nitrogen and oxygen atoms in total. The van der Waals surface area contributed by atoms with E-state index in [-0.39, 0.29) is 0 Å². The molecule has 0 fully saturated rings. The van der Waals surface area contributed by atoms with Crippen molar-refractivity contribution >= 4 is 53.5 Å². The lowest BCUT2D eigenvalue weighted by molar-refractivity contribution is 0.749. The Bertz CT molecular complexity index is 1190. The zero-order valence-corrected chi connectivity index (χ0v) is 14.9. The molecule has 0 radical (unpaired) electrons. The molecule has 0 aliphatic heterocycles. The fourth-order valence-corrected chi connectivity index (χ4v) is 5.16. The average molecular weight is 341 g/mol. The molecule has 0 spiro atoms. The van der Waals surface area contributed by atoms with Crippen LogP contribution in [0, 0.1) is 5.92 Å². The smallest absolute Gasteiger partial charge is 0.0396 e. The fraction of sp³-hybridized carbons (Fsp3) is 0.130. The molecule has 5 rings (SSSR count). The van der Waals surface area contributed by atoms with E-state index in [0.29, 0.717) is 5.92 Å². The second-order valence-corrected chi connectivity index (χ2v) is 8.00. The molecule has 1 unspecified atom stereocenters. The van der Waals surface area contributed by atoms with E-state index in [2.05, 4.69) is 73.7 Å². The van der Waals surface area contributed by atoms with Crippen LogP contribution in [0.3, 0.4) is 0 Å². The van der Waals surface area contributed by atoms with Gasteiger partial charge >= 0.3 is 0 Å². The third-order valence-corrected chi connectivity index (χ3v) is 6.31. The quantitative estimate of drug-likeness (QED) is 0.380. The van der Waals surface area contributed by atoms with Crippen molar-refractivity contribution in [3.8, 4) is 0 Å². The summed E-state index contributed by atoms with van der Waals surface area (Å²) in [7, 11) is 0. The number of rotatable bonds is 1. The Morgan fingerprint density at radius 1 is 0.920 bits per heavy atom. The first kappa shape index (κ1) is 14.7. The molecular weight excluding hydrogens is 322 g/mol. The van der Waals surface area contributed by atoms with E-state index >= 15 is 0 Å². The van der Waals surface area contributed by atoms with Crippen molar-refractivity contribution in [2.75, 3.05) is 5.73 Å². The van der Waals surface area contributed by atoms with Crippen molar-refractivity contribution < 1.29 is 0 Å². The predicted octanol–water partition coefficient (Wildman–Crippen LogP) is 6.77. The molecule has 2 heteroatoms. The second kappa shape index (κ2) is 5.47. The number of allylic oxidation sites excluding steroid dienone is 4. The monoisotopic (exact) mass is 341 g/mol. The van der Waals surface area contributed by atoms with Crippen LogP contribution < -0.4 is 5.73 Å². The highest BCUT2D eigenvalue weighted by molar-refractivity contribution is 7.26. The molecule has 0 saturated carbocycles. The lowest BCUT2D eigenvalue weighted by Crippen LogP contribution is -2.01. The lowest BCUT2D eigenvalue weighted by atomic mass is 9.87. The third kappa shape index (κ3) is 2.21. The van der Waals surface area contributed by atoms with Gasteiger partial charge in [0.1, 0.15) is 0 Å². The maximum absolute atomic E-state index is 6.43.